The standard InChI is InChI=1S/C25H25N5O2S/c1-29-22(17-10-6-3-7-11-17)28-23-20(24(29)32)27-25(33-23)30-15-14-18(26)21(30)19(31)13-12-16-8-4-2-5-9-16/h2-11,18,21H,12-15,26H2,1H3/t18-,21-/m1/s1. The topological polar surface area (TPSA) is 94.1 Å². The highest BCUT2D eigenvalue weighted by molar-refractivity contribution is 7.21. The van der Waals surface area contributed by atoms with Crippen LogP contribution in [0.4, 0.5) is 5.13 Å². The first kappa shape index (κ1) is 21.5. The van der Waals surface area contributed by atoms with Gasteiger partial charge in [0.15, 0.2) is 21.3 Å². The molecule has 1 saturated heterocycles. The van der Waals surface area contributed by atoms with E-state index in [1.54, 1.807) is 7.05 Å². The van der Waals surface area contributed by atoms with Gasteiger partial charge in [0.05, 0.1) is 0 Å². The molecule has 0 unspecified atom stereocenters. The summed E-state index contributed by atoms with van der Waals surface area (Å²) >= 11 is 1.35. The van der Waals surface area contributed by atoms with Crippen molar-refractivity contribution in [2.45, 2.75) is 31.3 Å². The number of ketones is 1. The van der Waals surface area contributed by atoms with E-state index in [1.165, 1.54) is 15.9 Å². The van der Waals surface area contributed by atoms with Crippen molar-refractivity contribution in [2.24, 2.45) is 12.8 Å². The lowest BCUT2D eigenvalue weighted by Crippen LogP contribution is -2.45. The summed E-state index contributed by atoms with van der Waals surface area (Å²) in [6.07, 6.45) is 1.80. The van der Waals surface area contributed by atoms with Crippen LogP contribution in [0.25, 0.3) is 21.7 Å². The zero-order valence-electron chi connectivity index (χ0n) is 18.3. The quantitative estimate of drug-likeness (QED) is 0.476. The maximum atomic E-state index is 13.2. The number of carbonyl (C=O) groups excluding carboxylic acids is 1. The van der Waals surface area contributed by atoms with E-state index in [-0.39, 0.29) is 17.4 Å². The van der Waals surface area contributed by atoms with Crippen molar-refractivity contribution in [1.29, 1.82) is 0 Å². The van der Waals surface area contributed by atoms with Crippen LogP contribution in [0.2, 0.25) is 0 Å². The smallest absolute Gasteiger partial charge is 0.281 e. The fourth-order valence-electron chi connectivity index (χ4n) is 4.41. The Bertz CT molecular complexity index is 1350. The molecular weight excluding hydrogens is 434 g/mol. The third-order valence-electron chi connectivity index (χ3n) is 6.19. The highest BCUT2D eigenvalue weighted by Gasteiger charge is 2.38. The number of aryl methyl sites for hydroxylation is 1. The molecule has 0 spiro atoms. The van der Waals surface area contributed by atoms with Crippen molar-refractivity contribution in [1.82, 2.24) is 14.5 Å². The molecule has 5 rings (SSSR count). The van der Waals surface area contributed by atoms with Gasteiger partial charge in [0.1, 0.15) is 11.9 Å². The van der Waals surface area contributed by atoms with Crippen molar-refractivity contribution in [3.63, 3.8) is 0 Å². The number of hydrogen-bond acceptors (Lipinski definition) is 7. The molecule has 0 amide bonds. The minimum atomic E-state index is -0.438. The number of fused-ring (bicyclic) bond motifs is 1. The Morgan fingerprint density at radius 1 is 1.09 bits per heavy atom. The summed E-state index contributed by atoms with van der Waals surface area (Å²) < 4.78 is 1.53. The second-order valence-electron chi connectivity index (χ2n) is 8.36. The number of carbonyl (C=O) groups is 1. The first-order valence-electron chi connectivity index (χ1n) is 11.0. The second kappa shape index (κ2) is 8.88. The largest absolute Gasteiger partial charge is 0.336 e. The molecule has 0 bridgehead atoms. The molecule has 2 aromatic heterocycles. The summed E-state index contributed by atoms with van der Waals surface area (Å²) in [6.45, 7) is 0.634. The number of anilines is 1. The van der Waals surface area contributed by atoms with Crippen LogP contribution in [-0.2, 0) is 18.3 Å². The Morgan fingerprint density at radius 2 is 1.79 bits per heavy atom. The predicted molar refractivity (Wildman–Crippen MR) is 132 cm³/mol. The van der Waals surface area contributed by atoms with Gasteiger partial charge in [0.25, 0.3) is 5.56 Å². The van der Waals surface area contributed by atoms with Crippen molar-refractivity contribution < 1.29 is 4.79 Å². The average molecular weight is 460 g/mol. The van der Waals surface area contributed by atoms with Gasteiger partial charge in [-0.15, -0.1) is 0 Å². The molecule has 168 valence electrons. The fourth-order valence-corrected chi connectivity index (χ4v) is 5.41. The highest BCUT2D eigenvalue weighted by Crippen LogP contribution is 2.33. The van der Waals surface area contributed by atoms with Gasteiger partial charge in [-0.2, -0.15) is 0 Å². The Morgan fingerprint density at radius 3 is 2.52 bits per heavy atom. The number of benzene rings is 2. The van der Waals surface area contributed by atoms with E-state index in [2.05, 4.69) is 4.98 Å². The van der Waals surface area contributed by atoms with Gasteiger partial charge in [0.2, 0.25) is 0 Å². The van der Waals surface area contributed by atoms with Crippen LogP contribution in [0.3, 0.4) is 0 Å². The van der Waals surface area contributed by atoms with Gasteiger partial charge in [-0.3, -0.25) is 14.2 Å². The van der Waals surface area contributed by atoms with E-state index in [1.807, 2.05) is 65.6 Å². The third kappa shape index (κ3) is 4.07. The van der Waals surface area contributed by atoms with Gasteiger partial charge >= 0.3 is 0 Å². The van der Waals surface area contributed by atoms with Gasteiger partial charge < -0.3 is 10.6 Å². The van der Waals surface area contributed by atoms with Gasteiger partial charge in [-0.25, -0.2) is 9.97 Å². The Balaban J connectivity index is 1.45. The summed E-state index contributed by atoms with van der Waals surface area (Å²) in [6, 6.07) is 18.9. The number of nitrogens with two attached hydrogens (primary N) is 1. The molecular formula is C25H25N5O2S. The number of rotatable bonds is 6. The van der Waals surface area contributed by atoms with E-state index in [4.69, 9.17) is 10.7 Å². The molecule has 4 aromatic rings. The van der Waals surface area contributed by atoms with Crippen LogP contribution in [0.15, 0.2) is 65.5 Å². The molecule has 0 aliphatic carbocycles. The predicted octanol–water partition coefficient (Wildman–Crippen LogP) is 3.16. The molecule has 2 N–H and O–H groups in total. The molecule has 2 aromatic carbocycles. The number of nitrogens with zero attached hydrogens (tertiary/aromatic N) is 4. The molecule has 1 aliphatic heterocycles. The van der Waals surface area contributed by atoms with Crippen LogP contribution in [-0.4, -0.2) is 38.9 Å². The summed E-state index contributed by atoms with van der Waals surface area (Å²) in [5, 5.41) is 0.630. The Labute approximate surface area is 195 Å². The summed E-state index contributed by atoms with van der Waals surface area (Å²) in [5.74, 6) is 0.700. The SMILES string of the molecule is Cn1c(-c2ccccc2)nc2sc(N3CC[C@@H](N)[C@@H]3C(=O)CCc3ccccc3)nc2c1=O. The van der Waals surface area contributed by atoms with Crippen molar-refractivity contribution in [3.05, 3.63) is 76.6 Å². The minimum absolute atomic E-state index is 0.106. The first-order valence-corrected chi connectivity index (χ1v) is 11.9. The van der Waals surface area contributed by atoms with Crippen molar-refractivity contribution in [2.75, 3.05) is 11.4 Å². The third-order valence-corrected chi connectivity index (χ3v) is 7.17. The van der Waals surface area contributed by atoms with Gasteiger partial charge in [0, 0.05) is 31.6 Å². The normalized spacial score (nSPS) is 18.2. The zero-order chi connectivity index (χ0) is 22.9. The van der Waals surface area contributed by atoms with Gasteiger partial charge in [-0.05, 0) is 18.4 Å². The number of thiazole rings is 1. The zero-order valence-corrected chi connectivity index (χ0v) is 19.2. The van der Waals surface area contributed by atoms with E-state index < -0.39 is 6.04 Å². The minimum Gasteiger partial charge on any atom is -0.336 e. The average Bonchev–Trinajstić information content (AvgIpc) is 3.44. The maximum Gasteiger partial charge on any atom is 0.281 e. The maximum absolute atomic E-state index is 13.2. The summed E-state index contributed by atoms with van der Waals surface area (Å²) in [4.78, 5) is 38.1. The van der Waals surface area contributed by atoms with Crippen LogP contribution in [0, 0.1) is 0 Å². The van der Waals surface area contributed by atoms with Crippen molar-refractivity contribution >= 4 is 32.6 Å². The number of aromatic nitrogens is 3. The molecule has 7 nitrogen and oxygen atoms in total. The van der Waals surface area contributed by atoms with Crippen LogP contribution < -0.4 is 16.2 Å². The van der Waals surface area contributed by atoms with E-state index in [0.717, 1.165) is 11.1 Å². The molecule has 3 heterocycles. The molecule has 2 atom stereocenters. The van der Waals surface area contributed by atoms with E-state index in [0.29, 0.717) is 47.1 Å². The molecule has 33 heavy (non-hydrogen) atoms. The van der Waals surface area contributed by atoms with Gasteiger partial charge in [-0.1, -0.05) is 72.0 Å². The molecule has 0 saturated carbocycles. The highest BCUT2D eigenvalue weighted by atomic mass is 32.1. The lowest BCUT2D eigenvalue weighted by molar-refractivity contribution is -0.120. The Kier molecular flexibility index (Phi) is 5.78. The monoisotopic (exact) mass is 459 g/mol. The van der Waals surface area contributed by atoms with Crippen LogP contribution in [0.1, 0.15) is 18.4 Å². The van der Waals surface area contributed by atoms with E-state index >= 15 is 0 Å². The van der Waals surface area contributed by atoms with Crippen LogP contribution >= 0.6 is 11.3 Å². The first-order chi connectivity index (χ1) is 16.0. The lowest BCUT2D eigenvalue weighted by Gasteiger charge is -2.25. The second-order valence-corrected chi connectivity index (χ2v) is 9.31. The summed E-state index contributed by atoms with van der Waals surface area (Å²) in [5.41, 5.74) is 8.48. The van der Waals surface area contributed by atoms with Crippen molar-refractivity contribution in [3.8, 4) is 11.4 Å². The molecule has 1 aliphatic rings. The molecule has 8 heteroatoms. The summed E-state index contributed by atoms with van der Waals surface area (Å²) in [7, 11) is 1.71. The number of hydrogen-bond donors (Lipinski definition) is 1. The molecule has 0 radical (unpaired) electrons. The Hall–Kier alpha value is -3.36. The van der Waals surface area contributed by atoms with E-state index in [9.17, 15) is 9.59 Å². The fraction of sp³-hybridized carbons (Fsp3) is 0.280. The number of Topliss-reactive ketones (excluding diaryl/α,β-unsaturated/α-hetero) is 1. The van der Waals surface area contributed by atoms with Crippen LogP contribution in [0.5, 0.6) is 0 Å². The lowest BCUT2D eigenvalue weighted by atomic mass is 9.99. The molecule has 1 fully saturated rings.